The first kappa shape index (κ1) is 9.34. The van der Waals surface area contributed by atoms with Gasteiger partial charge in [-0.2, -0.15) is 0 Å². The molecule has 78 valence electrons. The zero-order valence-electron chi connectivity index (χ0n) is 8.78. The topological polar surface area (TPSA) is 0 Å². The SMILES string of the molecule is Fc1ccc2c(c1)C=Cc1ccccc1C2. The van der Waals surface area contributed by atoms with E-state index in [1.165, 1.54) is 22.8 Å². The van der Waals surface area contributed by atoms with Crippen LogP contribution in [0.1, 0.15) is 22.3 Å². The molecule has 0 saturated heterocycles. The molecule has 0 unspecified atom stereocenters. The molecule has 0 nitrogen and oxygen atoms in total. The summed E-state index contributed by atoms with van der Waals surface area (Å²) in [6.07, 6.45) is 4.92. The van der Waals surface area contributed by atoms with Crippen molar-refractivity contribution in [1.29, 1.82) is 0 Å². The highest BCUT2D eigenvalue weighted by atomic mass is 19.1. The zero-order valence-corrected chi connectivity index (χ0v) is 8.78. The van der Waals surface area contributed by atoms with Crippen molar-refractivity contribution in [3.63, 3.8) is 0 Å². The van der Waals surface area contributed by atoms with Crippen molar-refractivity contribution in [2.24, 2.45) is 0 Å². The molecule has 0 radical (unpaired) electrons. The number of hydrogen-bond acceptors (Lipinski definition) is 0. The Balaban J connectivity index is 2.17. The summed E-state index contributed by atoms with van der Waals surface area (Å²) in [5.74, 6) is -0.172. The van der Waals surface area contributed by atoms with Gasteiger partial charge in [-0.15, -0.1) is 0 Å². The van der Waals surface area contributed by atoms with Crippen LogP contribution in [0.3, 0.4) is 0 Å². The molecule has 0 aromatic heterocycles. The third-order valence-corrected chi connectivity index (χ3v) is 2.99. The van der Waals surface area contributed by atoms with E-state index in [2.05, 4.69) is 18.2 Å². The number of halogens is 1. The van der Waals surface area contributed by atoms with Gasteiger partial charge in [0.05, 0.1) is 0 Å². The Kier molecular flexibility index (Phi) is 2.10. The van der Waals surface area contributed by atoms with E-state index >= 15 is 0 Å². The summed E-state index contributed by atoms with van der Waals surface area (Å²) in [6, 6.07) is 13.3. The highest BCUT2D eigenvalue weighted by molar-refractivity contribution is 5.75. The lowest BCUT2D eigenvalue weighted by molar-refractivity contribution is 0.627. The van der Waals surface area contributed by atoms with Crippen LogP contribution in [0.15, 0.2) is 42.5 Å². The van der Waals surface area contributed by atoms with Crippen molar-refractivity contribution >= 4 is 12.2 Å². The monoisotopic (exact) mass is 210 g/mol. The maximum Gasteiger partial charge on any atom is 0.123 e. The average Bonchev–Trinajstić information content (AvgIpc) is 2.48. The first-order valence-electron chi connectivity index (χ1n) is 5.37. The molecular weight excluding hydrogens is 199 g/mol. The minimum atomic E-state index is -0.172. The zero-order chi connectivity index (χ0) is 11.0. The van der Waals surface area contributed by atoms with E-state index in [1.54, 1.807) is 6.07 Å². The van der Waals surface area contributed by atoms with Gasteiger partial charge in [-0.05, 0) is 40.8 Å². The van der Waals surface area contributed by atoms with Crippen molar-refractivity contribution in [1.82, 2.24) is 0 Å². The van der Waals surface area contributed by atoms with Crippen LogP contribution in [0.4, 0.5) is 4.39 Å². The molecule has 0 atom stereocenters. The molecular formula is C15H11F. The predicted molar refractivity (Wildman–Crippen MR) is 64.6 cm³/mol. The summed E-state index contributed by atoms with van der Waals surface area (Å²) in [5, 5.41) is 0. The Labute approximate surface area is 94.1 Å². The van der Waals surface area contributed by atoms with Gasteiger partial charge in [0.2, 0.25) is 0 Å². The summed E-state index contributed by atoms with van der Waals surface area (Å²) < 4.78 is 13.1. The third-order valence-electron chi connectivity index (χ3n) is 2.99. The lowest BCUT2D eigenvalue weighted by Crippen LogP contribution is -1.92. The van der Waals surface area contributed by atoms with E-state index in [0.717, 1.165) is 12.0 Å². The Morgan fingerprint density at radius 2 is 1.56 bits per heavy atom. The molecule has 2 aromatic carbocycles. The standard InChI is InChI=1S/C15H11F/c16-15-8-7-13-9-12-4-2-1-3-11(12)5-6-14(13)10-15/h1-8,10H,9H2. The van der Waals surface area contributed by atoms with Crippen molar-refractivity contribution in [3.8, 4) is 0 Å². The van der Waals surface area contributed by atoms with Gasteiger partial charge in [-0.1, -0.05) is 42.5 Å². The Morgan fingerprint density at radius 3 is 2.50 bits per heavy atom. The number of fused-ring (bicyclic) bond motifs is 2. The van der Waals surface area contributed by atoms with Crippen LogP contribution < -0.4 is 0 Å². The summed E-state index contributed by atoms with van der Waals surface area (Å²) >= 11 is 0. The fraction of sp³-hybridized carbons (Fsp3) is 0.0667. The molecule has 1 aliphatic carbocycles. The predicted octanol–water partition coefficient (Wildman–Crippen LogP) is 3.90. The summed E-state index contributed by atoms with van der Waals surface area (Å²) in [4.78, 5) is 0. The van der Waals surface area contributed by atoms with Gasteiger partial charge in [0.25, 0.3) is 0 Å². The Morgan fingerprint density at radius 1 is 0.812 bits per heavy atom. The second-order valence-electron chi connectivity index (χ2n) is 4.05. The van der Waals surface area contributed by atoms with Gasteiger partial charge in [0.1, 0.15) is 5.82 Å². The summed E-state index contributed by atoms with van der Waals surface area (Å²) in [5.41, 5.74) is 4.68. The average molecular weight is 210 g/mol. The fourth-order valence-electron chi connectivity index (χ4n) is 2.12. The largest absolute Gasteiger partial charge is 0.207 e. The van der Waals surface area contributed by atoms with Gasteiger partial charge >= 0.3 is 0 Å². The molecule has 0 fully saturated rings. The van der Waals surface area contributed by atoms with Crippen molar-refractivity contribution in [2.45, 2.75) is 6.42 Å². The second kappa shape index (κ2) is 3.60. The van der Waals surface area contributed by atoms with Gasteiger partial charge in [-0.3, -0.25) is 0 Å². The van der Waals surface area contributed by atoms with E-state index in [4.69, 9.17) is 0 Å². The lowest BCUT2D eigenvalue weighted by atomic mass is 10.00. The lowest BCUT2D eigenvalue weighted by Gasteiger charge is -2.05. The van der Waals surface area contributed by atoms with Crippen molar-refractivity contribution in [2.75, 3.05) is 0 Å². The first-order valence-corrected chi connectivity index (χ1v) is 5.37. The summed E-state index contributed by atoms with van der Waals surface area (Å²) in [7, 11) is 0. The maximum absolute atomic E-state index is 13.1. The molecule has 16 heavy (non-hydrogen) atoms. The third kappa shape index (κ3) is 1.54. The molecule has 3 rings (SSSR count). The van der Waals surface area contributed by atoms with Crippen LogP contribution in [-0.2, 0) is 6.42 Å². The normalized spacial score (nSPS) is 12.8. The van der Waals surface area contributed by atoms with Crippen molar-refractivity contribution < 1.29 is 4.39 Å². The minimum Gasteiger partial charge on any atom is -0.207 e. The van der Waals surface area contributed by atoms with Crippen LogP contribution in [0.25, 0.3) is 12.2 Å². The van der Waals surface area contributed by atoms with Gasteiger partial charge in [0.15, 0.2) is 0 Å². The second-order valence-corrected chi connectivity index (χ2v) is 4.05. The van der Waals surface area contributed by atoms with Crippen LogP contribution in [0, 0.1) is 5.82 Å². The fourth-order valence-corrected chi connectivity index (χ4v) is 2.12. The first-order chi connectivity index (χ1) is 7.83. The van der Waals surface area contributed by atoms with Crippen molar-refractivity contribution in [3.05, 3.63) is 70.5 Å². The molecule has 0 amide bonds. The molecule has 0 heterocycles. The van der Waals surface area contributed by atoms with Crippen LogP contribution >= 0.6 is 0 Å². The smallest absolute Gasteiger partial charge is 0.123 e. The number of rotatable bonds is 0. The highest BCUT2D eigenvalue weighted by Gasteiger charge is 2.08. The molecule has 1 heteroatoms. The van der Waals surface area contributed by atoms with Crippen LogP contribution in [-0.4, -0.2) is 0 Å². The Bertz CT molecular complexity index is 567. The molecule has 0 saturated carbocycles. The Hall–Kier alpha value is -1.89. The quantitative estimate of drug-likeness (QED) is 0.528. The van der Waals surface area contributed by atoms with E-state index in [1.807, 2.05) is 24.3 Å². The van der Waals surface area contributed by atoms with E-state index in [9.17, 15) is 4.39 Å². The number of hydrogen-bond donors (Lipinski definition) is 0. The van der Waals surface area contributed by atoms with E-state index < -0.39 is 0 Å². The molecule has 0 bridgehead atoms. The van der Waals surface area contributed by atoms with Gasteiger partial charge < -0.3 is 0 Å². The highest BCUT2D eigenvalue weighted by Crippen LogP contribution is 2.24. The van der Waals surface area contributed by atoms with Gasteiger partial charge in [0, 0.05) is 0 Å². The van der Waals surface area contributed by atoms with E-state index in [0.29, 0.717) is 0 Å². The molecule has 0 N–H and O–H groups in total. The molecule has 0 aliphatic heterocycles. The number of benzene rings is 2. The molecule has 1 aliphatic rings. The minimum absolute atomic E-state index is 0.172. The maximum atomic E-state index is 13.1. The van der Waals surface area contributed by atoms with Gasteiger partial charge in [-0.25, -0.2) is 4.39 Å². The van der Waals surface area contributed by atoms with Crippen LogP contribution in [0.2, 0.25) is 0 Å². The van der Waals surface area contributed by atoms with Crippen LogP contribution in [0.5, 0.6) is 0 Å². The van der Waals surface area contributed by atoms with E-state index in [-0.39, 0.29) is 5.82 Å². The molecule has 2 aromatic rings. The molecule has 0 spiro atoms. The summed E-state index contributed by atoms with van der Waals surface area (Å²) in [6.45, 7) is 0.